The molecule has 11 heteroatoms. The van der Waals surface area contributed by atoms with Crippen LogP contribution >= 0.6 is 23.7 Å². The quantitative estimate of drug-likeness (QED) is 0.330. The molecule has 8 nitrogen and oxygen atoms in total. The number of aromatic nitrogens is 1. The van der Waals surface area contributed by atoms with Crippen LogP contribution < -0.4 is 9.64 Å². The number of fused-ring (bicyclic) bond motifs is 1. The van der Waals surface area contributed by atoms with Gasteiger partial charge in [0, 0.05) is 25.2 Å². The molecule has 1 aliphatic rings. The lowest BCUT2D eigenvalue weighted by molar-refractivity contribution is 0.0986. The second kappa shape index (κ2) is 13.2. The van der Waals surface area contributed by atoms with E-state index in [1.165, 1.54) is 11.3 Å². The number of thiazole rings is 1. The number of halogens is 1. The summed E-state index contributed by atoms with van der Waals surface area (Å²) in [6, 6.07) is 12.1. The van der Waals surface area contributed by atoms with E-state index in [0.29, 0.717) is 48.6 Å². The minimum Gasteiger partial charge on any atom is -0.492 e. The summed E-state index contributed by atoms with van der Waals surface area (Å²) < 4.78 is 34.6. The molecule has 3 aromatic rings. The standard InChI is InChI=1S/C27H36N4O4S2.ClH/c1-5-35-23-10-6-11-24-25(23)28-27(36-24)31(18-8-16-29(3)4)26(32)21-12-14-22(15-13-21)37(33,34)30-17-7-9-20(2)19-30;/h6,10-15,20H,5,7-9,16-19H2,1-4H3;1H. The topological polar surface area (TPSA) is 83.0 Å². The molecule has 1 aliphatic heterocycles. The van der Waals surface area contributed by atoms with E-state index >= 15 is 0 Å². The van der Waals surface area contributed by atoms with Crippen molar-refractivity contribution in [2.75, 3.05) is 51.8 Å². The Labute approximate surface area is 236 Å². The molecule has 1 amide bonds. The van der Waals surface area contributed by atoms with E-state index in [-0.39, 0.29) is 23.2 Å². The summed E-state index contributed by atoms with van der Waals surface area (Å²) in [7, 11) is 0.419. The molecule has 2 heterocycles. The summed E-state index contributed by atoms with van der Waals surface area (Å²) in [6.07, 6.45) is 2.68. The summed E-state index contributed by atoms with van der Waals surface area (Å²) in [5.74, 6) is 0.841. The highest BCUT2D eigenvalue weighted by molar-refractivity contribution is 7.89. The van der Waals surface area contributed by atoms with Gasteiger partial charge in [-0.25, -0.2) is 13.4 Å². The van der Waals surface area contributed by atoms with Crippen molar-refractivity contribution in [3.05, 3.63) is 48.0 Å². The van der Waals surface area contributed by atoms with Crippen LogP contribution in [0.25, 0.3) is 10.2 Å². The fraction of sp³-hybridized carbons (Fsp3) is 0.481. The van der Waals surface area contributed by atoms with Crippen LogP contribution in [0, 0.1) is 5.92 Å². The highest BCUT2D eigenvalue weighted by atomic mass is 35.5. The van der Waals surface area contributed by atoms with Crippen molar-refractivity contribution in [3.8, 4) is 5.75 Å². The number of para-hydroxylation sites is 1. The maximum atomic E-state index is 13.7. The van der Waals surface area contributed by atoms with Crippen molar-refractivity contribution in [1.82, 2.24) is 14.2 Å². The van der Waals surface area contributed by atoms with Gasteiger partial charge in [0.05, 0.1) is 16.2 Å². The molecule has 0 N–H and O–H groups in total. The Morgan fingerprint density at radius 1 is 1.16 bits per heavy atom. The third-order valence-corrected chi connectivity index (χ3v) is 9.42. The summed E-state index contributed by atoms with van der Waals surface area (Å²) >= 11 is 1.45. The van der Waals surface area contributed by atoms with Gasteiger partial charge in [-0.1, -0.05) is 24.3 Å². The average molecular weight is 581 g/mol. The molecule has 1 unspecified atom stereocenters. The van der Waals surface area contributed by atoms with Gasteiger partial charge in [0.2, 0.25) is 10.0 Å². The third-order valence-electron chi connectivity index (χ3n) is 6.49. The van der Waals surface area contributed by atoms with Gasteiger partial charge in [0.25, 0.3) is 5.91 Å². The fourth-order valence-corrected chi connectivity index (χ4v) is 7.17. The number of hydrogen-bond acceptors (Lipinski definition) is 7. The largest absolute Gasteiger partial charge is 0.492 e. The van der Waals surface area contributed by atoms with Gasteiger partial charge >= 0.3 is 0 Å². The number of sulfonamides is 1. The van der Waals surface area contributed by atoms with Gasteiger partial charge < -0.3 is 9.64 Å². The molecule has 2 aromatic carbocycles. The zero-order valence-electron chi connectivity index (χ0n) is 22.4. The molecule has 1 atom stereocenters. The van der Waals surface area contributed by atoms with E-state index in [9.17, 15) is 13.2 Å². The van der Waals surface area contributed by atoms with E-state index in [1.54, 1.807) is 33.5 Å². The number of amides is 1. The Bertz CT molecular complexity index is 1330. The molecule has 1 fully saturated rings. The van der Waals surface area contributed by atoms with Crippen molar-refractivity contribution in [1.29, 1.82) is 0 Å². The number of hydrogen-bond donors (Lipinski definition) is 0. The van der Waals surface area contributed by atoms with Crippen LogP contribution in [0.4, 0.5) is 5.13 Å². The SMILES string of the molecule is CCOc1cccc2sc(N(CCCN(C)C)C(=O)c3ccc(S(=O)(=O)N4CCCC(C)C4)cc3)nc12.Cl. The first-order valence-electron chi connectivity index (χ1n) is 12.8. The van der Waals surface area contributed by atoms with Crippen LogP contribution in [0.15, 0.2) is 47.4 Å². The molecule has 0 radical (unpaired) electrons. The number of carbonyl (C=O) groups is 1. The van der Waals surface area contributed by atoms with Gasteiger partial charge in [0.15, 0.2) is 5.13 Å². The maximum absolute atomic E-state index is 13.7. The van der Waals surface area contributed by atoms with Crippen LogP contribution in [-0.2, 0) is 10.0 Å². The van der Waals surface area contributed by atoms with Gasteiger partial charge in [0.1, 0.15) is 11.3 Å². The van der Waals surface area contributed by atoms with Crippen LogP contribution in [0.3, 0.4) is 0 Å². The van der Waals surface area contributed by atoms with E-state index < -0.39 is 10.0 Å². The second-order valence-electron chi connectivity index (χ2n) is 9.78. The summed E-state index contributed by atoms with van der Waals surface area (Å²) in [4.78, 5) is 22.5. The number of rotatable bonds is 10. The van der Waals surface area contributed by atoms with Crippen LogP contribution in [0.1, 0.15) is 43.5 Å². The van der Waals surface area contributed by atoms with Crippen LogP contribution in [0.5, 0.6) is 5.75 Å². The van der Waals surface area contributed by atoms with Crippen LogP contribution in [0.2, 0.25) is 0 Å². The summed E-state index contributed by atoms with van der Waals surface area (Å²) in [5.41, 5.74) is 1.17. The summed E-state index contributed by atoms with van der Waals surface area (Å²) in [5, 5.41) is 0.602. The molecule has 38 heavy (non-hydrogen) atoms. The average Bonchev–Trinajstić information content (AvgIpc) is 3.31. The molecule has 4 rings (SSSR count). The third kappa shape index (κ3) is 6.84. The molecular weight excluding hydrogens is 544 g/mol. The predicted molar refractivity (Wildman–Crippen MR) is 156 cm³/mol. The Morgan fingerprint density at radius 2 is 1.89 bits per heavy atom. The monoisotopic (exact) mass is 580 g/mol. The summed E-state index contributed by atoms with van der Waals surface area (Å²) in [6.45, 7) is 6.92. The first-order valence-corrected chi connectivity index (χ1v) is 15.1. The molecule has 0 spiro atoms. The smallest absolute Gasteiger partial charge is 0.260 e. The van der Waals surface area contributed by atoms with Crippen molar-refractivity contribution in [3.63, 3.8) is 0 Å². The van der Waals surface area contributed by atoms with Crippen LogP contribution in [-0.4, -0.2) is 75.4 Å². The highest BCUT2D eigenvalue weighted by Gasteiger charge is 2.29. The fourth-order valence-electron chi connectivity index (χ4n) is 4.57. The number of carbonyl (C=O) groups excluding carboxylic acids is 1. The molecule has 0 bridgehead atoms. The number of nitrogens with zero attached hydrogens (tertiary/aromatic N) is 4. The highest BCUT2D eigenvalue weighted by Crippen LogP contribution is 2.35. The van der Waals surface area contributed by atoms with Gasteiger partial charge in [-0.3, -0.25) is 9.69 Å². The van der Waals surface area contributed by atoms with Crippen molar-refractivity contribution in [2.45, 2.75) is 38.0 Å². The minimum atomic E-state index is -3.58. The zero-order chi connectivity index (χ0) is 26.6. The van der Waals surface area contributed by atoms with Gasteiger partial charge in [-0.15, -0.1) is 12.4 Å². The second-order valence-corrected chi connectivity index (χ2v) is 12.7. The molecular formula is C27H37ClN4O4S2. The maximum Gasteiger partial charge on any atom is 0.260 e. The Morgan fingerprint density at radius 3 is 2.55 bits per heavy atom. The first-order chi connectivity index (χ1) is 17.7. The number of benzene rings is 2. The van der Waals surface area contributed by atoms with Crippen molar-refractivity contribution >= 4 is 55.0 Å². The lowest BCUT2D eigenvalue weighted by atomic mass is 10.0. The molecule has 208 valence electrons. The van der Waals surface area contributed by atoms with E-state index in [0.717, 1.165) is 36.0 Å². The Hall–Kier alpha value is -2.24. The van der Waals surface area contributed by atoms with E-state index in [1.807, 2.05) is 39.2 Å². The number of ether oxygens (including phenoxy) is 1. The normalized spacial score (nSPS) is 16.4. The molecule has 0 aliphatic carbocycles. The lowest BCUT2D eigenvalue weighted by Gasteiger charge is -2.30. The molecule has 1 aromatic heterocycles. The molecule has 0 saturated carbocycles. The number of anilines is 1. The van der Waals surface area contributed by atoms with Gasteiger partial charge in [-0.2, -0.15) is 4.31 Å². The zero-order valence-corrected chi connectivity index (χ0v) is 24.9. The van der Waals surface area contributed by atoms with E-state index in [2.05, 4.69) is 11.8 Å². The van der Waals surface area contributed by atoms with Gasteiger partial charge in [-0.05, 0) is 89.1 Å². The van der Waals surface area contributed by atoms with Crippen molar-refractivity contribution in [2.24, 2.45) is 5.92 Å². The number of piperidine rings is 1. The molecule has 1 saturated heterocycles. The van der Waals surface area contributed by atoms with Crippen molar-refractivity contribution < 1.29 is 17.9 Å². The first kappa shape index (κ1) is 30.3. The Balaban J connectivity index is 0.00000400. The van der Waals surface area contributed by atoms with E-state index in [4.69, 9.17) is 9.72 Å². The predicted octanol–water partition coefficient (Wildman–Crippen LogP) is 5.14. The Kier molecular flexibility index (Phi) is 10.5. The minimum absolute atomic E-state index is 0. The lowest BCUT2D eigenvalue weighted by Crippen LogP contribution is -2.39.